The van der Waals surface area contributed by atoms with Gasteiger partial charge in [0, 0.05) is 36.5 Å². The molecule has 0 N–H and O–H groups in total. The van der Waals surface area contributed by atoms with Crippen LogP contribution < -0.4 is 4.74 Å². The lowest BCUT2D eigenvalue weighted by Gasteiger charge is -2.37. The predicted molar refractivity (Wildman–Crippen MR) is 86.9 cm³/mol. The van der Waals surface area contributed by atoms with Crippen molar-refractivity contribution < 1.29 is 19.0 Å². The molecule has 0 unspecified atom stereocenters. The van der Waals surface area contributed by atoms with Crippen LogP contribution in [0.15, 0.2) is 12.1 Å². The maximum Gasteiger partial charge on any atom is 0.227 e. The molecule has 2 fully saturated rings. The summed E-state index contributed by atoms with van der Waals surface area (Å²) < 4.78 is 16.8. The Kier molecular flexibility index (Phi) is 4.80. The van der Waals surface area contributed by atoms with Gasteiger partial charge in [0.1, 0.15) is 5.75 Å². The summed E-state index contributed by atoms with van der Waals surface area (Å²) in [6.07, 6.45) is 1.74. The molecule has 1 aromatic rings. The lowest BCUT2D eigenvalue weighted by atomic mass is 10.0. The second-order valence-electron chi connectivity index (χ2n) is 6.08. The largest absolute Gasteiger partial charge is 0.496 e. The van der Waals surface area contributed by atoms with E-state index in [1.54, 1.807) is 13.2 Å². The Labute approximate surface area is 141 Å². The highest BCUT2D eigenvalue weighted by atomic mass is 35.5. The molecular formula is C17H22ClNO4. The number of amides is 1. The minimum Gasteiger partial charge on any atom is -0.496 e. The smallest absolute Gasteiger partial charge is 0.227 e. The second kappa shape index (κ2) is 6.67. The Morgan fingerprint density at radius 2 is 1.96 bits per heavy atom. The number of methoxy groups -OCH3 is 1. The van der Waals surface area contributed by atoms with Crippen LogP contribution in [0.3, 0.4) is 0 Å². The van der Waals surface area contributed by atoms with Gasteiger partial charge in [-0.3, -0.25) is 4.79 Å². The van der Waals surface area contributed by atoms with E-state index in [0.717, 1.165) is 29.7 Å². The minimum absolute atomic E-state index is 0.0813. The van der Waals surface area contributed by atoms with Crippen molar-refractivity contribution in [3.63, 3.8) is 0 Å². The lowest BCUT2D eigenvalue weighted by molar-refractivity contribution is -0.187. The van der Waals surface area contributed by atoms with Gasteiger partial charge in [-0.25, -0.2) is 0 Å². The average Bonchev–Trinajstić information content (AvgIpc) is 2.95. The molecule has 0 aliphatic carbocycles. The van der Waals surface area contributed by atoms with Crippen LogP contribution >= 0.6 is 11.6 Å². The fourth-order valence-electron chi connectivity index (χ4n) is 3.38. The highest BCUT2D eigenvalue weighted by Crippen LogP contribution is 2.32. The monoisotopic (exact) mass is 339 g/mol. The van der Waals surface area contributed by atoms with Crippen molar-refractivity contribution in [3.8, 4) is 5.75 Å². The summed E-state index contributed by atoms with van der Waals surface area (Å²) in [4.78, 5) is 14.5. The number of benzene rings is 1. The predicted octanol–water partition coefficient (Wildman–Crippen LogP) is 2.57. The van der Waals surface area contributed by atoms with Gasteiger partial charge in [0.2, 0.25) is 5.91 Å². The van der Waals surface area contributed by atoms with Gasteiger partial charge in [0.15, 0.2) is 5.79 Å². The third-order valence-electron chi connectivity index (χ3n) is 4.55. The summed E-state index contributed by atoms with van der Waals surface area (Å²) >= 11 is 6.12. The third-order valence-corrected chi connectivity index (χ3v) is 4.77. The summed E-state index contributed by atoms with van der Waals surface area (Å²) in [6.45, 7) is 4.53. The normalized spacial score (nSPS) is 20.0. The first-order valence-electron chi connectivity index (χ1n) is 7.92. The molecule has 0 bridgehead atoms. The van der Waals surface area contributed by atoms with Crippen LogP contribution in [0.2, 0.25) is 5.02 Å². The van der Waals surface area contributed by atoms with E-state index >= 15 is 0 Å². The maximum atomic E-state index is 12.6. The number of nitrogens with zero attached hydrogens (tertiary/aromatic N) is 1. The molecule has 23 heavy (non-hydrogen) atoms. The topological polar surface area (TPSA) is 48.0 Å². The summed E-state index contributed by atoms with van der Waals surface area (Å²) in [6, 6.07) is 3.65. The number of likely N-dealkylation sites (tertiary alicyclic amines) is 1. The van der Waals surface area contributed by atoms with Crippen molar-refractivity contribution in [2.24, 2.45) is 0 Å². The van der Waals surface area contributed by atoms with Crippen molar-refractivity contribution in [3.05, 3.63) is 28.3 Å². The molecule has 3 rings (SSSR count). The molecule has 2 heterocycles. The van der Waals surface area contributed by atoms with Crippen LogP contribution in [0.1, 0.15) is 24.0 Å². The number of rotatable bonds is 3. The van der Waals surface area contributed by atoms with E-state index in [1.165, 1.54) is 0 Å². The summed E-state index contributed by atoms with van der Waals surface area (Å²) in [7, 11) is 1.61. The number of piperidine rings is 1. The maximum absolute atomic E-state index is 12.6. The zero-order valence-corrected chi connectivity index (χ0v) is 14.3. The van der Waals surface area contributed by atoms with Crippen LogP contribution in [0.4, 0.5) is 0 Å². The molecular weight excluding hydrogens is 318 g/mol. The minimum atomic E-state index is -0.457. The Balaban J connectivity index is 1.66. The molecule has 1 aromatic carbocycles. The molecule has 0 aromatic heterocycles. The van der Waals surface area contributed by atoms with Crippen molar-refractivity contribution in [1.29, 1.82) is 0 Å². The molecule has 1 amide bonds. The van der Waals surface area contributed by atoms with Crippen molar-refractivity contribution >= 4 is 17.5 Å². The zero-order valence-electron chi connectivity index (χ0n) is 13.6. The van der Waals surface area contributed by atoms with E-state index in [1.807, 2.05) is 17.9 Å². The summed E-state index contributed by atoms with van der Waals surface area (Å²) in [5.41, 5.74) is 1.77. The fraction of sp³-hybridized carbons (Fsp3) is 0.588. The van der Waals surface area contributed by atoms with Gasteiger partial charge < -0.3 is 19.1 Å². The fourth-order valence-corrected chi connectivity index (χ4v) is 3.68. The van der Waals surface area contributed by atoms with Crippen LogP contribution in [0, 0.1) is 6.92 Å². The van der Waals surface area contributed by atoms with Crippen LogP contribution in [-0.4, -0.2) is 50.0 Å². The summed E-state index contributed by atoms with van der Waals surface area (Å²) in [5.74, 6) is 0.359. The van der Waals surface area contributed by atoms with E-state index in [0.29, 0.717) is 37.7 Å². The quantitative estimate of drug-likeness (QED) is 0.849. The molecule has 2 saturated heterocycles. The summed E-state index contributed by atoms with van der Waals surface area (Å²) in [5, 5.41) is 0.622. The Hall–Kier alpha value is -1.30. The number of carbonyl (C=O) groups excluding carboxylic acids is 1. The highest BCUT2D eigenvalue weighted by Gasteiger charge is 2.40. The third kappa shape index (κ3) is 3.47. The van der Waals surface area contributed by atoms with Crippen molar-refractivity contribution in [1.82, 2.24) is 4.90 Å². The second-order valence-corrected chi connectivity index (χ2v) is 6.52. The molecule has 6 heteroatoms. The van der Waals surface area contributed by atoms with Gasteiger partial charge >= 0.3 is 0 Å². The number of aryl methyl sites for hydroxylation is 1. The standard InChI is InChI=1S/C17H22ClNO4/c1-12-9-14(18)10-13(16(12)21-2)11-15(20)19-5-3-17(4-6-19)22-7-8-23-17/h9-10H,3-8,11H2,1-2H3. The Bertz CT molecular complexity index is 589. The van der Waals surface area contributed by atoms with Crippen molar-refractivity contribution in [2.75, 3.05) is 33.4 Å². The molecule has 0 saturated carbocycles. The lowest BCUT2D eigenvalue weighted by Crippen LogP contribution is -2.47. The first-order valence-corrected chi connectivity index (χ1v) is 8.29. The average molecular weight is 340 g/mol. The van der Waals surface area contributed by atoms with Gasteiger partial charge in [-0.2, -0.15) is 0 Å². The molecule has 0 radical (unpaired) electrons. The van der Waals surface area contributed by atoms with Gasteiger partial charge in [0.25, 0.3) is 0 Å². The molecule has 126 valence electrons. The van der Waals surface area contributed by atoms with E-state index < -0.39 is 5.79 Å². The molecule has 1 spiro atoms. The van der Waals surface area contributed by atoms with E-state index in [-0.39, 0.29) is 5.91 Å². The number of hydrogen-bond acceptors (Lipinski definition) is 4. The Morgan fingerprint density at radius 1 is 1.30 bits per heavy atom. The van der Waals surface area contributed by atoms with Gasteiger partial charge in [-0.05, 0) is 24.6 Å². The molecule has 2 aliphatic rings. The molecule has 5 nitrogen and oxygen atoms in total. The van der Waals surface area contributed by atoms with Crippen LogP contribution in [-0.2, 0) is 20.7 Å². The van der Waals surface area contributed by atoms with Crippen LogP contribution in [0.25, 0.3) is 0 Å². The van der Waals surface area contributed by atoms with Crippen LogP contribution in [0.5, 0.6) is 5.75 Å². The van der Waals surface area contributed by atoms with Gasteiger partial charge in [0.05, 0.1) is 26.7 Å². The van der Waals surface area contributed by atoms with E-state index in [4.69, 9.17) is 25.8 Å². The first kappa shape index (κ1) is 16.6. The van der Waals surface area contributed by atoms with Gasteiger partial charge in [-0.1, -0.05) is 11.6 Å². The number of ether oxygens (including phenoxy) is 3. The van der Waals surface area contributed by atoms with E-state index in [2.05, 4.69) is 0 Å². The van der Waals surface area contributed by atoms with Gasteiger partial charge in [-0.15, -0.1) is 0 Å². The number of carbonyl (C=O) groups is 1. The number of hydrogen-bond donors (Lipinski definition) is 0. The SMILES string of the molecule is COc1c(C)cc(Cl)cc1CC(=O)N1CCC2(CC1)OCCO2. The van der Waals surface area contributed by atoms with E-state index in [9.17, 15) is 4.79 Å². The Morgan fingerprint density at radius 3 is 2.57 bits per heavy atom. The number of halogens is 1. The van der Waals surface area contributed by atoms with Crippen molar-refractivity contribution in [2.45, 2.75) is 32.0 Å². The first-order chi connectivity index (χ1) is 11.0. The highest BCUT2D eigenvalue weighted by molar-refractivity contribution is 6.30. The molecule has 0 atom stereocenters. The zero-order chi connectivity index (χ0) is 16.4. The molecule has 2 aliphatic heterocycles.